The number of aryl methyl sites for hydroxylation is 2. The van der Waals surface area contributed by atoms with Crippen molar-refractivity contribution < 1.29 is 13.9 Å². The van der Waals surface area contributed by atoms with E-state index in [0.717, 1.165) is 5.69 Å². The number of halogens is 3. The molecule has 2 N–H and O–H groups in total. The molecule has 0 saturated heterocycles. The molecule has 1 heterocycles. The molecule has 0 atom stereocenters. The van der Waals surface area contributed by atoms with Crippen LogP contribution in [0.4, 0.5) is 8.78 Å². The maximum Gasteiger partial charge on any atom is 0.282 e. The number of alkyl halides is 2. The Kier molecular flexibility index (Phi) is 4.85. The highest BCUT2D eigenvalue weighted by molar-refractivity contribution is 6.31. The third kappa shape index (κ3) is 3.62. The Morgan fingerprint density at radius 3 is 2.65 bits per heavy atom. The highest BCUT2D eigenvalue weighted by Gasteiger charge is 2.27. The molecule has 98 valence electrons. The molecule has 0 amide bonds. The SMILES string of the molecule is CCc1nn(C)c(CNCC(F)(F)CO)c1Cl. The molecular formula is C10H16ClF2N3O. The quantitative estimate of drug-likeness (QED) is 0.818. The minimum Gasteiger partial charge on any atom is -0.390 e. The Balaban J connectivity index is 2.61. The predicted octanol–water partition coefficient (Wildman–Crippen LogP) is 1.35. The number of aliphatic hydroxyl groups excluding tert-OH is 1. The van der Waals surface area contributed by atoms with E-state index in [1.54, 1.807) is 11.7 Å². The number of hydrogen-bond acceptors (Lipinski definition) is 3. The molecular weight excluding hydrogens is 252 g/mol. The number of nitrogens with zero attached hydrogens (tertiary/aromatic N) is 2. The second-order valence-electron chi connectivity index (χ2n) is 3.80. The van der Waals surface area contributed by atoms with Crippen molar-refractivity contribution >= 4 is 11.6 Å². The maximum absolute atomic E-state index is 12.8. The lowest BCUT2D eigenvalue weighted by atomic mass is 10.3. The highest BCUT2D eigenvalue weighted by Crippen LogP contribution is 2.20. The molecule has 0 aromatic carbocycles. The molecule has 0 spiro atoms. The number of nitrogens with one attached hydrogen (secondary N) is 1. The van der Waals surface area contributed by atoms with E-state index in [1.165, 1.54) is 0 Å². The zero-order valence-electron chi connectivity index (χ0n) is 9.80. The van der Waals surface area contributed by atoms with Gasteiger partial charge in [-0.3, -0.25) is 4.68 Å². The van der Waals surface area contributed by atoms with E-state index >= 15 is 0 Å². The molecule has 0 unspecified atom stereocenters. The number of rotatable bonds is 6. The van der Waals surface area contributed by atoms with Gasteiger partial charge in [0.25, 0.3) is 5.92 Å². The van der Waals surface area contributed by atoms with Crippen LogP contribution in [0.25, 0.3) is 0 Å². The monoisotopic (exact) mass is 267 g/mol. The van der Waals surface area contributed by atoms with Gasteiger partial charge in [-0.05, 0) is 6.42 Å². The zero-order chi connectivity index (χ0) is 13.1. The van der Waals surface area contributed by atoms with Crippen LogP contribution in [-0.2, 0) is 20.0 Å². The van der Waals surface area contributed by atoms with Gasteiger partial charge in [0.1, 0.15) is 6.61 Å². The van der Waals surface area contributed by atoms with Crippen LogP contribution >= 0.6 is 11.6 Å². The molecule has 7 heteroatoms. The summed E-state index contributed by atoms with van der Waals surface area (Å²) < 4.78 is 27.1. The van der Waals surface area contributed by atoms with Crippen LogP contribution in [0, 0.1) is 0 Å². The van der Waals surface area contributed by atoms with Gasteiger partial charge in [-0.15, -0.1) is 0 Å². The summed E-state index contributed by atoms with van der Waals surface area (Å²) in [5.74, 6) is -3.11. The minimum absolute atomic E-state index is 0.192. The molecule has 1 aromatic rings. The summed E-state index contributed by atoms with van der Waals surface area (Å²) in [6, 6.07) is 0. The van der Waals surface area contributed by atoms with Crippen molar-refractivity contribution in [1.82, 2.24) is 15.1 Å². The number of aliphatic hydroxyl groups is 1. The summed E-state index contributed by atoms with van der Waals surface area (Å²) in [6.07, 6.45) is 0.694. The van der Waals surface area contributed by atoms with E-state index in [9.17, 15) is 8.78 Å². The molecule has 17 heavy (non-hydrogen) atoms. The van der Waals surface area contributed by atoms with Gasteiger partial charge in [-0.25, -0.2) is 8.78 Å². The van der Waals surface area contributed by atoms with Crippen molar-refractivity contribution in [2.24, 2.45) is 7.05 Å². The first-order valence-corrected chi connectivity index (χ1v) is 5.68. The molecule has 0 bridgehead atoms. The Morgan fingerprint density at radius 1 is 1.53 bits per heavy atom. The maximum atomic E-state index is 12.8. The summed E-state index contributed by atoms with van der Waals surface area (Å²) in [6.45, 7) is 0.356. The van der Waals surface area contributed by atoms with Crippen LogP contribution < -0.4 is 5.32 Å². The van der Waals surface area contributed by atoms with E-state index in [0.29, 0.717) is 17.1 Å². The Bertz CT molecular complexity index is 382. The van der Waals surface area contributed by atoms with Crippen molar-refractivity contribution in [2.45, 2.75) is 25.8 Å². The van der Waals surface area contributed by atoms with Gasteiger partial charge in [0, 0.05) is 13.6 Å². The van der Waals surface area contributed by atoms with Crippen molar-refractivity contribution in [3.05, 3.63) is 16.4 Å². The third-order valence-corrected chi connectivity index (χ3v) is 2.85. The van der Waals surface area contributed by atoms with Gasteiger partial charge in [0.05, 0.1) is 23.0 Å². The fourth-order valence-electron chi connectivity index (χ4n) is 1.43. The number of aromatic nitrogens is 2. The van der Waals surface area contributed by atoms with Crippen molar-refractivity contribution in [1.29, 1.82) is 0 Å². The molecule has 0 radical (unpaired) electrons. The van der Waals surface area contributed by atoms with Crippen molar-refractivity contribution in [2.75, 3.05) is 13.2 Å². The fraction of sp³-hybridized carbons (Fsp3) is 0.700. The lowest BCUT2D eigenvalue weighted by Gasteiger charge is -2.14. The van der Waals surface area contributed by atoms with Crippen molar-refractivity contribution in [3.8, 4) is 0 Å². The molecule has 0 aliphatic rings. The van der Waals surface area contributed by atoms with E-state index in [-0.39, 0.29) is 6.54 Å². The van der Waals surface area contributed by atoms with Gasteiger partial charge >= 0.3 is 0 Å². The van der Waals surface area contributed by atoms with Crippen LogP contribution in [-0.4, -0.2) is 34.0 Å². The Labute approximate surface area is 104 Å². The normalized spacial score (nSPS) is 12.1. The zero-order valence-corrected chi connectivity index (χ0v) is 10.6. The summed E-state index contributed by atoms with van der Waals surface area (Å²) in [5.41, 5.74) is 1.41. The van der Waals surface area contributed by atoms with E-state index in [2.05, 4.69) is 10.4 Å². The van der Waals surface area contributed by atoms with E-state index in [1.807, 2.05) is 6.92 Å². The lowest BCUT2D eigenvalue weighted by Crippen LogP contribution is -2.35. The van der Waals surface area contributed by atoms with Gasteiger partial charge in [-0.2, -0.15) is 5.10 Å². The first-order valence-electron chi connectivity index (χ1n) is 5.31. The second kappa shape index (κ2) is 5.75. The van der Waals surface area contributed by atoms with Crippen LogP contribution in [0.2, 0.25) is 5.02 Å². The summed E-state index contributed by atoms with van der Waals surface area (Å²) in [5, 5.41) is 15.6. The van der Waals surface area contributed by atoms with E-state index in [4.69, 9.17) is 16.7 Å². The molecule has 4 nitrogen and oxygen atoms in total. The Hall–Kier alpha value is -0.720. The predicted molar refractivity (Wildman–Crippen MR) is 61.3 cm³/mol. The topological polar surface area (TPSA) is 50.1 Å². The van der Waals surface area contributed by atoms with Crippen LogP contribution in [0.15, 0.2) is 0 Å². The van der Waals surface area contributed by atoms with Crippen LogP contribution in [0.3, 0.4) is 0 Å². The summed E-state index contributed by atoms with van der Waals surface area (Å²) >= 11 is 6.05. The van der Waals surface area contributed by atoms with Crippen LogP contribution in [0.5, 0.6) is 0 Å². The lowest BCUT2D eigenvalue weighted by molar-refractivity contribution is -0.0478. The van der Waals surface area contributed by atoms with Crippen molar-refractivity contribution in [3.63, 3.8) is 0 Å². The number of hydrogen-bond donors (Lipinski definition) is 2. The smallest absolute Gasteiger partial charge is 0.282 e. The van der Waals surface area contributed by atoms with Gasteiger partial charge < -0.3 is 10.4 Å². The van der Waals surface area contributed by atoms with E-state index < -0.39 is 19.1 Å². The summed E-state index contributed by atoms with van der Waals surface area (Å²) in [4.78, 5) is 0. The third-order valence-electron chi connectivity index (χ3n) is 2.41. The first kappa shape index (κ1) is 14.3. The molecule has 0 aliphatic heterocycles. The molecule has 0 aliphatic carbocycles. The molecule has 0 fully saturated rings. The van der Waals surface area contributed by atoms with Crippen LogP contribution in [0.1, 0.15) is 18.3 Å². The average Bonchev–Trinajstić information content (AvgIpc) is 2.56. The fourth-order valence-corrected chi connectivity index (χ4v) is 1.79. The Morgan fingerprint density at radius 2 is 2.18 bits per heavy atom. The minimum atomic E-state index is -3.11. The molecule has 1 rings (SSSR count). The largest absolute Gasteiger partial charge is 0.390 e. The summed E-state index contributed by atoms with van der Waals surface area (Å²) in [7, 11) is 1.71. The van der Waals surface area contributed by atoms with Gasteiger partial charge in [-0.1, -0.05) is 18.5 Å². The van der Waals surface area contributed by atoms with Gasteiger partial charge in [0.2, 0.25) is 0 Å². The second-order valence-corrected chi connectivity index (χ2v) is 4.18. The molecule has 1 aromatic heterocycles. The van der Waals surface area contributed by atoms with Gasteiger partial charge in [0.15, 0.2) is 0 Å². The molecule has 0 saturated carbocycles. The highest BCUT2D eigenvalue weighted by atomic mass is 35.5. The average molecular weight is 268 g/mol. The first-order chi connectivity index (χ1) is 7.91. The standard InChI is InChI=1S/C10H16ClF2N3O/c1-3-7-9(11)8(16(2)15-7)4-14-5-10(12,13)6-17/h14,17H,3-6H2,1-2H3.